The maximum atomic E-state index is 10.7. The van der Waals surface area contributed by atoms with E-state index in [4.69, 9.17) is 15.6 Å². The van der Waals surface area contributed by atoms with Crippen molar-refractivity contribution in [3.63, 3.8) is 0 Å². The summed E-state index contributed by atoms with van der Waals surface area (Å²) >= 11 is 0. The van der Waals surface area contributed by atoms with Crippen molar-refractivity contribution in [3.8, 4) is 12.1 Å². The topological polar surface area (TPSA) is 84.9 Å². The zero-order valence-electron chi connectivity index (χ0n) is 8.95. The maximum absolute atomic E-state index is 10.7. The van der Waals surface area contributed by atoms with Gasteiger partial charge >= 0.3 is 5.97 Å². The number of hydrogen-bond donors (Lipinski definition) is 1. The number of carboxylic acids is 1. The summed E-state index contributed by atoms with van der Waals surface area (Å²) in [7, 11) is 0. The Hall–Kier alpha value is -1.81. The van der Waals surface area contributed by atoms with Crippen LogP contribution in [0.2, 0.25) is 0 Å². The van der Waals surface area contributed by atoms with Crippen molar-refractivity contribution in [2.75, 3.05) is 0 Å². The summed E-state index contributed by atoms with van der Waals surface area (Å²) in [5.41, 5.74) is 0.377. The average molecular weight is 206 g/mol. The first-order chi connectivity index (χ1) is 7.08. The largest absolute Gasteiger partial charge is 0.477 e. The van der Waals surface area contributed by atoms with Crippen LogP contribution in [0.1, 0.15) is 33.1 Å². The Morgan fingerprint density at radius 3 is 2.40 bits per heavy atom. The molecule has 0 bridgehead atoms. The van der Waals surface area contributed by atoms with Crippen LogP contribution in [0.15, 0.2) is 11.1 Å². The lowest BCUT2D eigenvalue weighted by Crippen LogP contribution is -2.08. The fourth-order valence-electron chi connectivity index (χ4n) is 1.47. The fraction of sp³-hybridized carbons (Fsp3) is 0.545. The van der Waals surface area contributed by atoms with Crippen LogP contribution in [-0.2, 0) is 4.79 Å². The summed E-state index contributed by atoms with van der Waals surface area (Å²) < 4.78 is 0. The predicted molar refractivity (Wildman–Crippen MR) is 54.6 cm³/mol. The molecule has 4 nitrogen and oxygen atoms in total. The maximum Gasteiger partial charge on any atom is 0.346 e. The van der Waals surface area contributed by atoms with E-state index >= 15 is 0 Å². The van der Waals surface area contributed by atoms with E-state index in [1.54, 1.807) is 13.0 Å². The Labute approximate surface area is 89.4 Å². The van der Waals surface area contributed by atoms with Crippen LogP contribution in [0.25, 0.3) is 0 Å². The standard InChI is InChI=1S/C11H14N2O2/c1-3-9(5-4-6-12)8(2)10(7-13)11(14)15/h9H,3-5H2,1-2H3,(H,14,15). The molecule has 0 aromatic rings. The molecule has 80 valence electrons. The highest BCUT2D eigenvalue weighted by atomic mass is 16.4. The Kier molecular flexibility index (Phi) is 5.82. The molecule has 1 atom stereocenters. The SMILES string of the molecule is CCC(CCC#N)C(C)=C(C#N)C(=O)O. The molecule has 4 heteroatoms. The van der Waals surface area contributed by atoms with Gasteiger partial charge in [-0.1, -0.05) is 6.92 Å². The van der Waals surface area contributed by atoms with Crippen LogP contribution in [0.5, 0.6) is 0 Å². The van der Waals surface area contributed by atoms with Crippen molar-refractivity contribution in [2.24, 2.45) is 5.92 Å². The third kappa shape index (κ3) is 3.83. The third-order valence-corrected chi connectivity index (χ3v) is 2.43. The van der Waals surface area contributed by atoms with Gasteiger partial charge in [0.1, 0.15) is 11.6 Å². The van der Waals surface area contributed by atoms with Gasteiger partial charge in [-0.15, -0.1) is 0 Å². The Bertz CT molecular complexity index is 345. The van der Waals surface area contributed by atoms with Crippen molar-refractivity contribution >= 4 is 5.97 Å². The minimum Gasteiger partial charge on any atom is -0.477 e. The van der Waals surface area contributed by atoms with E-state index < -0.39 is 5.97 Å². The molecule has 0 rings (SSSR count). The van der Waals surface area contributed by atoms with Crippen LogP contribution >= 0.6 is 0 Å². The van der Waals surface area contributed by atoms with Crippen molar-refractivity contribution in [1.29, 1.82) is 10.5 Å². The molecular formula is C11H14N2O2. The number of hydrogen-bond acceptors (Lipinski definition) is 3. The highest BCUT2D eigenvalue weighted by molar-refractivity contribution is 5.92. The smallest absolute Gasteiger partial charge is 0.346 e. The summed E-state index contributed by atoms with van der Waals surface area (Å²) in [6.07, 6.45) is 1.73. The molecule has 0 aliphatic rings. The third-order valence-electron chi connectivity index (χ3n) is 2.43. The fourth-order valence-corrected chi connectivity index (χ4v) is 1.47. The average Bonchev–Trinajstić information content (AvgIpc) is 2.19. The van der Waals surface area contributed by atoms with Crippen molar-refractivity contribution in [1.82, 2.24) is 0 Å². The lowest BCUT2D eigenvalue weighted by Gasteiger charge is -2.14. The van der Waals surface area contributed by atoms with E-state index in [-0.39, 0.29) is 11.5 Å². The number of nitriles is 2. The zero-order valence-corrected chi connectivity index (χ0v) is 8.95. The lowest BCUT2D eigenvalue weighted by molar-refractivity contribution is -0.132. The molecule has 0 fully saturated rings. The molecule has 15 heavy (non-hydrogen) atoms. The van der Waals surface area contributed by atoms with Crippen molar-refractivity contribution in [3.05, 3.63) is 11.1 Å². The molecule has 0 aliphatic heterocycles. The highest BCUT2D eigenvalue weighted by Crippen LogP contribution is 2.23. The molecule has 0 saturated carbocycles. The molecule has 1 unspecified atom stereocenters. The monoisotopic (exact) mass is 206 g/mol. The Balaban J connectivity index is 4.91. The van der Waals surface area contributed by atoms with Gasteiger partial charge in [-0.05, 0) is 31.3 Å². The van der Waals surface area contributed by atoms with Crippen LogP contribution in [0.3, 0.4) is 0 Å². The molecule has 0 saturated heterocycles. The van der Waals surface area contributed by atoms with Crippen LogP contribution in [-0.4, -0.2) is 11.1 Å². The van der Waals surface area contributed by atoms with Crippen molar-refractivity contribution < 1.29 is 9.90 Å². The number of rotatable bonds is 5. The van der Waals surface area contributed by atoms with Gasteiger partial charge in [-0.25, -0.2) is 4.79 Å². The van der Waals surface area contributed by atoms with E-state index in [9.17, 15) is 4.79 Å². The van der Waals surface area contributed by atoms with E-state index in [0.717, 1.165) is 6.42 Å². The van der Waals surface area contributed by atoms with Crippen molar-refractivity contribution in [2.45, 2.75) is 33.1 Å². The number of aliphatic carboxylic acids is 1. The van der Waals surface area contributed by atoms with Crippen LogP contribution in [0, 0.1) is 28.6 Å². The molecule has 0 aromatic heterocycles. The quantitative estimate of drug-likeness (QED) is 0.552. The van der Waals surface area contributed by atoms with E-state index in [1.165, 1.54) is 0 Å². The molecule has 0 radical (unpaired) electrons. The van der Waals surface area contributed by atoms with E-state index in [0.29, 0.717) is 18.4 Å². The van der Waals surface area contributed by atoms with Gasteiger partial charge in [0.05, 0.1) is 6.07 Å². The first kappa shape index (κ1) is 13.2. The predicted octanol–water partition coefficient (Wildman–Crippen LogP) is 2.24. The van der Waals surface area contributed by atoms with E-state index in [2.05, 4.69) is 0 Å². The van der Waals surface area contributed by atoms with Gasteiger partial charge in [-0.2, -0.15) is 10.5 Å². The summed E-state index contributed by atoms with van der Waals surface area (Å²) in [5, 5.41) is 25.9. The van der Waals surface area contributed by atoms with Gasteiger partial charge in [0.15, 0.2) is 0 Å². The number of carbonyl (C=O) groups is 1. The molecule has 0 heterocycles. The molecule has 0 aromatic carbocycles. The summed E-state index contributed by atoms with van der Waals surface area (Å²) in [4.78, 5) is 10.7. The van der Waals surface area contributed by atoms with Crippen LogP contribution < -0.4 is 0 Å². The molecule has 0 amide bonds. The zero-order chi connectivity index (χ0) is 11.8. The minimum atomic E-state index is -1.19. The summed E-state index contributed by atoms with van der Waals surface area (Å²) in [6, 6.07) is 3.71. The Morgan fingerprint density at radius 2 is 2.07 bits per heavy atom. The number of allylic oxidation sites excluding steroid dienone is 1. The molecule has 0 spiro atoms. The number of carboxylic acid groups (broad SMARTS) is 1. The second-order valence-corrected chi connectivity index (χ2v) is 3.28. The lowest BCUT2D eigenvalue weighted by atomic mass is 9.90. The molecule has 0 aliphatic carbocycles. The van der Waals surface area contributed by atoms with Crippen LogP contribution in [0.4, 0.5) is 0 Å². The van der Waals surface area contributed by atoms with E-state index in [1.807, 2.05) is 13.0 Å². The van der Waals surface area contributed by atoms with Gasteiger partial charge in [0.25, 0.3) is 0 Å². The van der Waals surface area contributed by atoms with Gasteiger partial charge in [0, 0.05) is 6.42 Å². The Morgan fingerprint density at radius 1 is 1.47 bits per heavy atom. The normalized spacial score (nSPS) is 13.3. The number of nitrogens with zero attached hydrogens (tertiary/aromatic N) is 2. The van der Waals surface area contributed by atoms with Gasteiger partial charge in [-0.3, -0.25) is 0 Å². The first-order valence-electron chi connectivity index (χ1n) is 4.79. The van der Waals surface area contributed by atoms with Gasteiger partial charge < -0.3 is 5.11 Å². The second kappa shape index (κ2) is 6.62. The summed E-state index contributed by atoms with van der Waals surface area (Å²) in [5.74, 6) is -1.18. The molecular weight excluding hydrogens is 192 g/mol. The first-order valence-corrected chi connectivity index (χ1v) is 4.79. The minimum absolute atomic E-state index is 0.00963. The molecule has 1 N–H and O–H groups in total. The highest BCUT2D eigenvalue weighted by Gasteiger charge is 2.17. The second-order valence-electron chi connectivity index (χ2n) is 3.28. The van der Waals surface area contributed by atoms with Gasteiger partial charge in [0.2, 0.25) is 0 Å². The summed E-state index contributed by atoms with van der Waals surface area (Å²) in [6.45, 7) is 3.57.